The van der Waals surface area contributed by atoms with Crippen LogP contribution in [-0.4, -0.2) is 34.6 Å². The first kappa shape index (κ1) is 19.2. The van der Waals surface area contributed by atoms with E-state index in [4.69, 9.17) is 16.3 Å². The van der Waals surface area contributed by atoms with E-state index in [1.165, 1.54) is 29.6 Å². The molecule has 27 heavy (non-hydrogen) atoms. The second kappa shape index (κ2) is 7.99. The molecule has 1 amide bonds. The lowest BCUT2D eigenvalue weighted by molar-refractivity contribution is -0.113. The maximum Gasteiger partial charge on any atom is 0.276 e. The Hall–Kier alpha value is -2.55. The van der Waals surface area contributed by atoms with E-state index in [2.05, 4.69) is 9.71 Å². The zero-order valence-corrected chi connectivity index (χ0v) is 16.0. The molecule has 9 heteroatoms. The van der Waals surface area contributed by atoms with Crippen molar-refractivity contribution in [2.75, 3.05) is 19.5 Å². The van der Waals surface area contributed by atoms with Gasteiger partial charge in [-0.25, -0.2) is 4.39 Å². The first-order valence-corrected chi connectivity index (χ1v) is 9.20. The van der Waals surface area contributed by atoms with E-state index in [1.54, 1.807) is 31.4 Å². The van der Waals surface area contributed by atoms with Gasteiger partial charge >= 0.3 is 0 Å². The highest BCUT2D eigenvalue weighted by Crippen LogP contribution is 2.24. The number of rotatable bonds is 4. The Balaban J connectivity index is 1.87. The molecule has 2 aromatic rings. The van der Waals surface area contributed by atoms with E-state index >= 15 is 0 Å². The van der Waals surface area contributed by atoms with Gasteiger partial charge in [-0.3, -0.25) is 4.79 Å². The maximum absolute atomic E-state index is 13.3. The highest BCUT2D eigenvalue weighted by Gasteiger charge is 2.30. The summed E-state index contributed by atoms with van der Waals surface area (Å²) in [6, 6.07) is 10.8. The first-order chi connectivity index (χ1) is 12.9. The fourth-order valence-electron chi connectivity index (χ4n) is 2.35. The number of likely N-dealkylation sites (N-methyl/N-ethyl adjacent to an activating group) is 1. The fraction of sp³-hybridized carbons (Fsp3) is 0.111. The van der Waals surface area contributed by atoms with Crippen LogP contribution in [0.3, 0.4) is 0 Å². The van der Waals surface area contributed by atoms with Gasteiger partial charge in [-0.05, 0) is 46.9 Å². The van der Waals surface area contributed by atoms with Crippen molar-refractivity contribution in [1.82, 2.24) is 4.31 Å². The molecule has 0 bridgehead atoms. The number of hydrogen-bond donors (Lipinski definition) is 1. The third-order valence-corrected chi connectivity index (χ3v) is 5.13. The quantitative estimate of drug-likeness (QED) is 0.789. The lowest BCUT2D eigenvalue weighted by Crippen LogP contribution is -2.35. The number of allylic oxidation sites excluding steroid dienone is 1. The zero-order valence-electron chi connectivity index (χ0n) is 14.4. The standard InChI is InChI=1S/C18H15ClFN3O3S/c1-23-17(18(24)21-12-5-8-15(20)14(19)9-12)10-16(22-27(23)25)11-3-6-13(26-2)7-4-11/h3-10H,1-2H3,(H,21,24). The predicted molar refractivity (Wildman–Crippen MR) is 104 cm³/mol. The second-order valence-corrected chi connectivity index (χ2v) is 7.14. The molecule has 0 saturated carbocycles. The van der Waals surface area contributed by atoms with Crippen LogP contribution < -0.4 is 10.1 Å². The van der Waals surface area contributed by atoms with Gasteiger partial charge < -0.3 is 14.6 Å². The van der Waals surface area contributed by atoms with Gasteiger partial charge in [0.25, 0.3) is 5.91 Å². The van der Waals surface area contributed by atoms with Crippen molar-refractivity contribution in [2.24, 2.45) is 4.40 Å². The van der Waals surface area contributed by atoms with Crippen LogP contribution >= 0.6 is 11.6 Å². The van der Waals surface area contributed by atoms with E-state index in [-0.39, 0.29) is 10.7 Å². The van der Waals surface area contributed by atoms with E-state index in [9.17, 15) is 13.7 Å². The molecule has 0 spiro atoms. The molecular formula is C18H15ClFN3O3S. The molecule has 1 unspecified atom stereocenters. The van der Waals surface area contributed by atoms with Gasteiger partial charge in [0.2, 0.25) is 11.5 Å². The summed E-state index contributed by atoms with van der Waals surface area (Å²) in [5.41, 5.74) is 1.55. The van der Waals surface area contributed by atoms with Crippen molar-refractivity contribution in [3.63, 3.8) is 0 Å². The molecule has 1 atom stereocenters. The van der Waals surface area contributed by atoms with Gasteiger partial charge in [0.05, 0.1) is 19.2 Å². The summed E-state index contributed by atoms with van der Waals surface area (Å²) in [5, 5.41) is 2.50. The van der Waals surface area contributed by atoms with E-state index in [0.29, 0.717) is 22.7 Å². The Kier molecular flexibility index (Phi) is 5.69. The van der Waals surface area contributed by atoms with E-state index in [0.717, 1.165) is 6.07 Å². The normalized spacial score (nSPS) is 16.5. The second-order valence-electron chi connectivity index (χ2n) is 5.55. The number of hydrogen-bond acceptors (Lipinski definition) is 5. The summed E-state index contributed by atoms with van der Waals surface area (Å²) in [6.45, 7) is 0. The van der Waals surface area contributed by atoms with Crippen LogP contribution in [0.1, 0.15) is 5.56 Å². The summed E-state index contributed by atoms with van der Waals surface area (Å²) >= 11 is 3.97. The van der Waals surface area contributed by atoms with Crippen molar-refractivity contribution in [1.29, 1.82) is 0 Å². The van der Waals surface area contributed by atoms with Crippen molar-refractivity contribution in [2.45, 2.75) is 0 Å². The van der Waals surface area contributed by atoms with Crippen LogP contribution in [0.2, 0.25) is 5.02 Å². The van der Waals surface area contributed by atoms with Crippen LogP contribution in [0, 0.1) is 5.82 Å². The third-order valence-electron chi connectivity index (χ3n) is 3.82. The number of nitrogens with zero attached hydrogens (tertiary/aromatic N) is 2. The number of nitrogens with one attached hydrogen (secondary N) is 1. The number of halogens is 2. The number of carbonyl (C=O) groups excluding carboxylic acids is 1. The molecule has 0 radical (unpaired) electrons. The molecule has 0 fully saturated rings. The maximum atomic E-state index is 13.3. The van der Waals surface area contributed by atoms with Crippen molar-refractivity contribution in [3.05, 3.63) is 70.6 Å². The minimum absolute atomic E-state index is 0.108. The smallest absolute Gasteiger partial charge is 0.276 e. The summed E-state index contributed by atoms with van der Waals surface area (Å²) in [5.74, 6) is -0.434. The number of amides is 1. The molecule has 0 saturated heterocycles. The average Bonchev–Trinajstić information content (AvgIpc) is 2.66. The largest absolute Gasteiger partial charge is 0.566 e. The number of ether oxygens (including phenoxy) is 1. The Bertz CT molecular complexity index is 934. The predicted octanol–water partition coefficient (Wildman–Crippen LogP) is 3.32. The van der Waals surface area contributed by atoms with E-state index < -0.39 is 23.3 Å². The summed E-state index contributed by atoms with van der Waals surface area (Å²) in [4.78, 5) is 12.6. The van der Waals surface area contributed by atoms with Crippen LogP contribution in [-0.2, 0) is 16.3 Å². The van der Waals surface area contributed by atoms with Gasteiger partial charge in [-0.15, -0.1) is 0 Å². The number of carbonyl (C=O) groups is 1. The topological polar surface area (TPSA) is 77.0 Å². The van der Waals surface area contributed by atoms with Crippen molar-refractivity contribution in [3.8, 4) is 5.75 Å². The summed E-state index contributed by atoms with van der Waals surface area (Å²) in [7, 11) is 3.05. The summed E-state index contributed by atoms with van der Waals surface area (Å²) < 4.78 is 36.0. The minimum Gasteiger partial charge on any atom is -0.566 e. The Morgan fingerprint density at radius 2 is 2.00 bits per heavy atom. The molecule has 0 aliphatic carbocycles. The molecule has 0 aromatic heterocycles. The van der Waals surface area contributed by atoms with Gasteiger partial charge in [0, 0.05) is 17.3 Å². The monoisotopic (exact) mass is 407 g/mol. The highest BCUT2D eigenvalue weighted by molar-refractivity contribution is 7.88. The fourth-order valence-corrected chi connectivity index (χ4v) is 3.28. The van der Waals surface area contributed by atoms with Crippen LogP contribution in [0.15, 0.2) is 58.6 Å². The molecule has 3 rings (SSSR count). The molecule has 6 nitrogen and oxygen atoms in total. The van der Waals surface area contributed by atoms with Crippen molar-refractivity contribution >= 4 is 40.5 Å². The minimum atomic E-state index is -1.76. The molecular weight excluding hydrogens is 393 g/mol. The molecule has 1 aliphatic rings. The van der Waals surface area contributed by atoms with Gasteiger partial charge in [-0.1, -0.05) is 11.6 Å². The number of benzene rings is 2. The summed E-state index contributed by atoms with van der Waals surface area (Å²) in [6.07, 6.45) is 1.53. The Labute approximate surface area is 163 Å². The molecule has 1 aliphatic heterocycles. The lowest BCUT2D eigenvalue weighted by atomic mass is 10.1. The van der Waals surface area contributed by atoms with Crippen molar-refractivity contribution < 1.29 is 18.5 Å². The van der Waals surface area contributed by atoms with Crippen LogP contribution in [0.4, 0.5) is 10.1 Å². The molecule has 1 N–H and O–H groups in total. The van der Waals surface area contributed by atoms with Crippen LogP contribution in [0.5, 0.6) is 5.75 Å². The first-order valence-electron chi connectivity index (χ1n) is 7.76. The molecule has 140 valence electrons. The number of methoxy groups -OCH3 is 1. The lowest BCUT2D eigenvalue weighted by Gasteiger charge is -2.23. The van der Waals surface area contributed by atoms with Gasteiger partial charge in [0.15, 0.2) is 5.70 Å². The highest BCUT2D eigenvalue weighted by atomic mass is 35.5. The van der Waals surface area contributed by atoms with Gasteiger partial charge in [-0.2, -0.15) is 4.31 Å². The SMILES string of the molecule is COc1ccc(C2=N[S+]([O-])N(C)C(C(=O)Nc3ccc(F)c(Cl)c3)=C2)cc1. The van der Waals surface area contributed by atoms with E-state index in [1.807, 2.05) is 0 Å². The Morgan fingerprint density at radius 1 is 1.30 bits per heavy atom. The average molecular weight is 408 g/mol. The zero-order chi connectivity index (χ0) is 19.6. The number of anilines is 1. The molecule has 1 heterocycles. The molecule has 2 aromatic carbocycles. The van der Waals surface area contributed by atoms with Gasteiger partial charge in [0.1, 0.15) is 17.3 Å². The Morgan fingerprint density at radius 3 is 2.63 bits per heavy atom. The third kappa shape index (κ3) is 4.24. The van der Waals surface area contributed by atoms with Crippen LogP contribution in [0.25, 0.3) is 0 Å².